The molecule has 4 amide bonds. The fourth-order valence-electron chi connectivity index (χ4n) is 3.56. The molecule has 2 heterocycles. The Morgan fingerprint density at radius 1 is 1.22 bits per heavy atom. The van der Waals surface area contributed by atoms with E-state index in [-0.39, 0.29) is 24.6 Å². The fourth-order valence-corrected chi connectivity index (χ4v) is 3.56. The summed E-state index contributed by atoms with van der Waals surface area (Å²) in [5.74, 6) is -0.791. The number of urea groups is 1. The van der Waals surface area contributed by atoms with Gasteiger partial charge in [0.15, 0.2) is 0 Å². The van der Waals surface area contributed by atoms with Gasteiger partial charge in [0.1, 0.15) is 12.1 Å². The number of amides is 4. The number of piperidine rings is 1. The van der Waals surface area contributed by atoms with Gasteiger partial charge < -0.3 is 9.69 Å². The van der Waals surface area contributed by atoms with Gasteiger partial charge in [0.2, 0.25) is 5.91 Å². The molecule has 7 nitrogen and oxygen atoms in total. The van der Waals surface area contributed by atoms with Gasteiger partial charge in [-0.25, -0.2) is 9.18 Å². The highest BCUT2D eigenvalue weighted by Crippen LogP contribution is 2.26. The van der Waals surface area contributed by atoms with Crippen LogP contribution < -0.4 is 10.2 Å². The summed E-state index contributed by atoms with van der Waals surface area (Å²) in [6.07, 6.45) is 4.06. The van der Waals surface area contributed by atoms with Crippen LogP contribution in [-0.2, 0) is 9.59 Å². The highest BCUT2D eigenvalue weighted by molar-refractivity contribution is 6.06. The van der Waals surface area contributed by atoms with Crippen molar-refractivity contribution in [2.24, 2.45) is 5.92 Å². The van der Waals surface area contributed by atoms with E-state index in [1.165, 1.54) is 18.2 Å². The Morgan fingerprint density at radius 3 is 2.63 bits per heavy atom. The molecule has 0 saturated carbocycles. The molecule has 2 saturated heterocycles. The van der Waals surface area contributed by atoms with E-state index in [9.17, 15) is 23.6 Å². The number of benzene rings is 1. The molecule has 0 aromatic heterocycles. The monoisotopic (exact) mass is 375 g/mol. The maximum absolute atomic E-state index is 14.2. The summed E-state index contributed by atoms with van der Waals surface area (Å²) < 4.78 is 14.2. The van der Waals surface area contributed by atoms with E-state index in [1.54, 1.807) is 4.90 Å². The summed E-state index contributed by atoms with van der Waals surface area (Å²) >= 11 is 0. The molecule has 0 atom stereocenters. The zero-order valence-corrected chi connectivity index (χ0v) is 14.9. The van der Waals surface area contributed by atoms with E-state index < -0.39 is 17.8 Å². The second-order valence-corrected chi connectivity index (χ2v) is 6.90. The zero-order valence-electron chi connectivity index (χ0n) is 14.9. The molecule has 27 heavy (non-hydrogen) atoms. The van der Waals surface area contributed by atoms with Crippen LogP contribution in [0, 0.1) is 11.7 Å². The molecule has 2 fully saturated rings. The highest BCUT2D eigenvalue weighted by atomic mass is 19.1. The number of nitrogens with zero attached hydrogens (tertiary/aromatic N) is 2. The van der Waals surface area contributed by atoms with Gasteiger partial charge in [0.25, 0.3) is 5.91 Å². The van der Waals surface area contributed by atoms with Crippen molar-refractivity contribution in [2.75, 3.05) is 24.5 Å². The van der Waals surface area contributed by atoms with Gasteiger partial charge in [0.05, 0.1) is 5.69 Å². The van der Waals surface area contributed by atoms with Crippen molar-refractivity contribution in [1.82, 2.24) is 10.2 Å². The van der Waals surface area contributed by atoms with Gasteiger partial charge in [-0.3, -0.25) is 19.8 Å². The number of rotatable bonds is 5. The molecule has 8 heteroatoms. The molecule has 1 aromatic carbocycles. The van der Waals surface area contributed by atoms with Gasteiger partial charge in [0, 0.05) is 38.0 Å². The Kier molecular flexibility index (Phi) is 5.83. The predicted octanol–water partition coefficient (Wildman–Crippen LogP) is 2.10. The van der Waals surface area contributed by atoms with Crippen molar-refractivity contribution in [3.05, 3.63) is 29.6 Å². The third kappa shape index (κ3) is 4.32. The average Bonchev–Trinajstić information content (AvgIpc) is 2.67. The lowest BCUT2D eigenvalue weighted by molar-refractivity contribution is -0.120. The number of nitrogens with one attached hydrogen (secondary N) is 1. The number of imide groups is 1. The topological polar surface area (TPSA) is 86.8 Å². The van der Waals surface area contributed by atoms with E-state index in [1.807, 2.05) is 0 Å². The number of likely N-dealkylation sites (tertiary alicyclic amines) is 1. The van der Waals surface area contributed by atoms with Crippen LogP contribution in [0.15, 0.2) is 18.2 Å². The number of hydrogen-bond acceptors (Lipinski definition) is 4. The molecule has 1 aromatic rings. The van der Waals surface area contributed by atoms with Crippen molar-refractivity contribution < 1.29 is 23.6 Å². The molecule has 0 aliphatic carbocycles. The number of carbonyl (C=O) groups excluding carboxylic acids is 4. The fraction of sp³-hybridized carbons (Fsp3) is 0.474. The van der Waals surface area contributed by atoms with E-state index >= 15 is 0 Å². The molecule has 0 bridgehead atoms. The SMILES string of the molecule is O=CCCC1CCN(C(=O)c2ccc(F)c(N3CCC(=O)NC3=O)c2)CC1. The minimum atomic E-state index is -0.689. The van der Waals surface area contributed by atoms with E-state index in [0.717, 1.165) is 30.4 Å². The van der Waals surface area contributed by atoms with Gasteiger partial charge in [-0.15, -0.1) is 0 Å². The van der Waals surface area contributed by atoms with Gasteiger partial charge in [-0.05, 0) is 43.4 Å². The lowest BCUT2D eigenvalue weighted by Crippen LogP contribution is -2.50. The first-order chi connectivity index (χ1) is 13.0. The zero-order chi connectivity index (χ0) is 19.4. The van der Waals surface area contributed by atoms with Crippen molar-refractivity contribution in [3.8, 4) is 0 Å². The minimum absolute atomic E-state index is 0.00767. The van der Waals surface area contributed by atoms with Gasteiger partial charge in [-0.1, -0.05) is 0 Å². The maximum atomic E-state index is 14.2. The second-order valence-electron chi connectivity index (χ2n) is 6.90. The first kappa shape index (κ1) is 19.0. The largest absolute Gasteiger partial charge is 0.339 e. The molecular formula is C19H22FN3O4. The summed E-state index contributed by atoms with van der Waals surface area (Å²) in [4.78, 5) is 49.4. The minimum Gasteiger partial charge on any atom is -0.339 e. The third-order valence-electron chi connectivity index (χ3n) is 5.13. The summed E-state index contributed by atoms with van der Waals surface area (Å²) in [7, 11) is 0. The van der Waals surface area contributed by atoms with Crippen LogP contribution in [0.3, 0.4) is 0 Å². The number of halogens is 1. The quantitative estimate of drug-likeness (QED) is 0.799. The van der Waals surface area contributed by atoms with Crippen LogP contribution in [0.2, 0.25) is 0 Å². The Bertz CT molecular complexity index is 759. The first-order valence-electron chi connectivity index (χ1n) is 9.13. The second kappa shape index (κ2) is 8.28. The molecule has 0 unspecified atom stereocenters. The molecular weight excluding hydrogens is 353 g/mol. The summed E-state index contributed by atoms with van der Waals surface area (Å²) in [6.45, 7) is 1.25. The third-order valence-corrected chi connectivity index (χ3v) is 5.13. The Morgan fingerprint density at radius 2 is 1.96 bits per heavy atom. The predicted molar refractivity (Wildman–Crippen MR) is 95.8 cm³/mol. The van der Waals surface area contributed by atoms with Crippen LogP contribution in [0.1, 0.15) is 42.5 Å². The Balaban J connectivity index is 1.70. The lowest BCUT2D eigenvalue weighted by Gasteiger charge is -2.32. The van der Waals surface area contributed by atoms with Crippen LogP contribution in [-0.4, -0.2) is 48.7 Å². The number of carbonyl (C=O) groups is 4. The lowest BCUT2D eigenvalue weighted by atomic mass is 9.92. The molecule has 144 valence electrons. The summed E-state index contributed by atoms with van der Waals surface area (Å²) in [5.41, 5.74) is 0.300. The Hall–Kier alpha value is -2.77. The van der Waals surface area contributed by atoms with E-state index in [4.69, 9.17) is 0 Å². The molecule has 3 rings (SSSR count). The highest BCUT2D eigenvalue weighted by Gasteiger charge is 2.28. The number of hydrogen-bond donors (Lipinski definition) is 1. The van der Waals surface area contributed by atoms with Crippen molar-refractivity contribution in [1.29, 1.82) is 0 Å². The smallest absolute Gasteiger partial charge is 0.328 e. The van der Waals surface area contributed by atoms with Crippen LogP contribution in [0.4, 0.5) is 14.9 Å². The van der Waals surface area contributed by atoms with Crippen molar-refractivity contribution in [2.45, 2.75) is 32.1 Å². The van der Waals surface area contributed by atoms with Crippen molar-refractivity contribution in [3.63, 3.8) is 0 Å². The summed E-state index contributed by atoms with van der Waals surface area (Å²) in [5, 5.41) is 2.15. The van der Waals surface area contributed by atoms with Crippen LogP contribution in [0.25, 0.3) is 0 Å². The normalized spacial score (nSPS) is 18.4. The Labute approximate surface area is 156 Å². The van der Waals surface area contributed by atoms with Crippen molar-refractivity contribution >= 4 is 29.8 Å². The molecule has 2 aliphatic rings. The van der Waals surface area contributed by atoms with Gasteiger partial charge >= 0.3 is 6.03 Å². The van der Waals surface area contributed by atoms with Crippen LogP contribution >= 0.6 is 0 Å². The average molecular weight is 375 g/mol. The maximum Gasteiger partial charge on any atom is 0.328 e. The van der Waals surface area contributed by atoms with Crippen LogP contribution in [0.5, 0.6) is 0 Å². The molecule has 1 N–H and O–H groups in total. The summed E-state index contributed by atoms with van der Waals surface area (Å²) in [6, 6.07) is 3.26. The van der Waals surface area contributed by atoms with Gasteiger partial charge in [-0.2, -0.15) is 0 Å². The first-order valence-corrected chi connectivity index (χ1v) is 9.13. The molecule has 2 aliphatic heterocycles. The number of aldehydes is 1. The van der Waals surface area contributed by atoms with E-state index in [0.29, 0.717) is 31.0 Å². The van der Waals surface area contributed by atoms with E-state index in [2.05, 4.69) is 5.32 Å². The molecule has 0 radical (unpaired) electrons. The standard InChI is InChI=1S/C19H22FN3O4/c20-15-4-3-14(12-16(15)23-10-7-17(25)21-19(23)27)18(26)22-8-5-13(6-9-22)2-1-11-24/h3-4,11-13H,1-2,5-10H2,(H,21,25,27). The molecule has 0 spiro atoms. The number of anilines is 1.